The van der Waals surface area contributed by atoms with E-state index in [0.717, 1.165) is 84.3 Å². The van der Waals surface area contributed by atoms with Gasteiger partial charge in [0, 0.05) is 62.5 Å². The van der Waals surface area contributed by atoms with Crippen LogP contribution >= 0.6 is 0 Å². The van der Waals surface area contributed by atoms with E-state index in [1.54, 1.807) is 13.4 Å². The molecule has 176 valence electrons. The number of rotatable bonds is 8. The van der Waals surface area contributed by atoms with Crippen LogP contribution in [0.3, 0.4) is 0 Å². The normalized spacial score (nSPS) is 16.7. The Morgan fingerprint density at radius 1 is 1.18 bits per heavy atom. The van der Waals surface area contributed by atoms with Crippen molar-refractivity contribution in [3.05, 3.63) is 60.7 Å². The number of aromatic nitrogens is 4. The second-order valence-electron chi connectivity index (χ2n) is 8.76. The monoisotopic (exact) mass is 457 g/mol. The molecule has 0 aliphatic carbocycles. The molecule has 8 heteroatoms. The summed E-state index contributed by atoms with van der Waals surface area (Å²) in [5.74, 6) is 0. The minimum atomic E-state index is 0.404. The van der Waals surface area contributed by atoms with Gasteiger partial charge in [0.05, 0.1) is 47.4 Å². The Labute approximate surface area is 199 Å². The fraction of sp³-hybridized carbons (Fsp3) is 0.346. The molecule has 3 N–H and O–H groups in total. The number of piperazine rings is 1. The number of nitrogens with zero attached hydrogens (tertiary/aromatic N) is 4. The van der Waals surface area contributed by atoms with Gasteiger partial charge in [0.1, 0.15) is 0 Å². The van der Waals surface area contributed by atoms with Crippen LogP contribution in [-0.2, 0) is 4.74 Å². The van der Waals surface area contributed by atoms with Crippen molar-refractivity contribution in [2.45, 2.75) is 13.0 Å². The zero-order valence-electron chi connectivity index (χ0n) is 19.7. The van der Waals surface area contributed by atoms with E-state index in [4.69, 9.17) is 4.74 Å². The van der Waals surface area contributed by atoms with Crippen molar-refractivity contribution < 1.29 is 4.74 Å². The number of hydrogen-bond donors (Lipinski definition) is 3. The predicted molar refractivity (Wildman–Crippen MR) is 136 cm³/mol. The standard InChI is InChI=1S/C26H31N7O/c1-18-4-3-5-24(32-18)26-25(30-17-31-26)19-6-7-23-20(12-19)13-21(14-29-23)27-8-10-33-11-9-28-22(15-33)16-34-2/h3-7,12-14,17,22,27-28H,8-11,15-16H2,1-2H3,(H,30,31)/t22-/m1/s1. The van der Waals surface area contributed by atoms with Gasteiger partial charge in [0.2, 0.25) is 0 Å². The molecule has 0 amide bonds. The summed E-state index contributed by atoms with van der Waals surface area (Å²) in [5, 5.41) is 8.12. The quantitative estimate of drug-likeness (QED) is 0.374. The molecule has 4 aromatic rings. The molecule has 1 aliphatic rings. The molecule has 34 heavy (non-hydrogen) atoms. The smallest absolute Gasteiger partial charge is 0.0977 e. The van der Waals surface area contributed by atoms with Crippen molar-refractivity contribution in [1.82, 2.24) is 30.2 Å². The zero-order chi connectivity index (χ0) is 23.3. The largest absolute Gasteiger partial charge is 0.383 e. The first-order chi connectivity index (χ1) is 16.7. The number of ether oxygens (including phenoxy) is 1. The second kappa shape index (κ2) is 10.3. The molecule has 4 heterocycles. The first-order valence-electron chi connectivity index (χ1n) is 11.8. The Balaban J connectivity index is 1.30. The fourth-order valence-corrected chi connectivity index (χ4v) is 4.53. The molecule has 1 atom stereocenters. The van der Waals surface area contributed by atoms with E-state index >= 15 is 0 Å². The highest BCUT2D eigenvalue weighted by Gasteiger charge is 2.18. The van der Waals surface area contributed by atoms with Gasteiger partial charge < -0.3 is 20.4 Å². The van der Waals surface area contributed by atoms with Gasteiger partial charge in [-0.25, -0.2) is 4.98 Å². The summed E-state index contributed by atoms with van der Waals surface area (Å²) in [6, 6.07) is 14.8. The lowest BCUT2D eigenvalue weighted by Gasteiger charge is -2.33. The van der Waals surface area contributed by atoms with Crippen molar-refractivity contribution in [3.63, 3.8) is 0 Å². The number of imidazole rings is 1. The van der Waals surface area contributed by atoms with Crippen LogP contribution < -0.4 is 10.6 Å². The van der Waals surface area contributed by atoms with Gasteiger partial charge in [-0.1, -0.05) is 12.1 Å². The van der Waals surface area contributed by atoms with E-state index in [0.29, 0.717) is 6.04 Å². The number of aromatic amines is 1. The van der Waals surface area contributed by atoms with E-state index in [1.165, 1.54) is 0 Å². The number of hydrogen-bond acceptors (Lipinski definition) is 7. The summed E-state index contributed by atoms with van der Waals surface area (Å²) in [6.07, 6.45) is 3.63. The molecule has 5 rings (SSSR count). The third kappa shape index (κ3) is 5.09. The number of pyridine rings is 2. The van der Waals surface area contributed by atoms with Gasteiger partial charge in [-0.3, -0.25) is 14.9 Å². The van der Waals surface area contributed by atoms with Crippen LogP contribution in [0.2, 0.25) is 0 Å². The van der Waals surface area contributed by atoms with Crippen LogP contribution in [0.4, 0.5) is 5.69 Å². The van der Waals surface area contributed by atoms with Crippen LogP contribution in [0.15, 0.2) is 55.0 Å². The predicted octanol–water partition coefficient (Wildman–Crippen LogP) is 3.33. The molecule has 8 nitrogen and oxygen atoms in total. The van der Waals surface area contributed by atoms with E-state index in [2.05, 4.69) is 53.7 Å². The molecular formula is C26H31N7O. The van der Waals surface area contributed by atoms with Crippen LogP contribution in [0, 0.1) is 6.92 Å². The SMILES string of the molecule is COC[C@H]1CN(CCNc2cnc3ccc(-c4nc[nH]c4-c4cccc(C)n4)cc3c2)CCN1. The Hall–Kier alpha value is -3.33. The molecule has 3 aromatic heterocycles. The highest BCUT2D eigenvalue weighted by Crippen LogP contribution is 2.30. The molecule has 0 spiro atoms. The molecular weight excluding hydrogens is 426 g/mol. The third-order valence-electron chi connectivity index (χ3n) is 6.20. The van der Waals surface area contributed by atoms with E-state index in [9.17, 15) is 0 Å². The van der Waals surface area contributed by atoms with Crippen molar-refractivity contribution in [2.24, 2.45) is 0 Å². The van der Waals surface area contributed by atoms with Crippen LogP contribution in [0.1, 0.15) is 5.69 Å². The molecule has 1 aromatic carbocycles. The molecule has 0 bridgehead atoms. The van der Waals surface area contributed by atoms with Crippen molar-refractivity contribution in [2.75, 3.05) is 51.8 Å². The van der Waals surface area contributed by atoms with Gasteiger partial charge in [-0.2, -0.15) is 0 Å². The second-order valence-corrected chi connectivity index (χ2v) is 8.76. The fourth-order valence-electron chi connectivity index (χ4n) is 4.53. The molecule has 0 radical (unpaired) electrons. The summed E-state index contributed by atoms with van der Waals surface area (Å²) < 4.78 is 5.30. The molecule has 0 saturated carbocycles. The summed E-state index contributed by atoms with van der Waals surface area (Å²) in [6.45, 7) is 7.67. The zero-order valence-corrected chi connectivity index (χ0v) is 19.7. The minimum Gasteiger partial charge on any atom is -0.383 e. The first-order valence-corrected chi connectivity index (χ1v) is 11.8. The average molecular weight is 458 g/mol. The van der Waals surface area contributed by atoms with Crippen molar-refractivity contribution >= 4 is 16.6 Å². The Bertz CT molecular complexity index is 1250. The van der Waals surface area contributed by atoms with Crippen molar-refractivity contribution in [1.29, 1.82) is 0 Å². The van der Waals surface area contributed by atoms with E-state index in [-0.39, 0.29) is 0 Å². The van der Waals surface area contributed by atoms with E-state index in [1.807, 2.05) is 37.4 Å². The lowest BCUT2D eigenvalue weighted by atomic mass is 10.0. The van der Waals surface area contributed by atoms with Crippen LogP contribution in [0.25, 0.3) is 33.5 Å². The first kappa shape index (κ1) is 22.5. The number of H-pyrrole nitrogens is 1. The average Bonchev–Trinajstić information content (AvgIpc) is 3.34. The molecule has 0 unspecified atom stereocenters. The third-order valence-corrected chi connectivity index (χ3v) is 6.20. The number of aryl methyl sites for hydroxylation is 1. The number of fused-ring (bicyclic) bond motifs is 1. The summed E-state index contributed by atoms with van der Waals surface area (Å²) in [4.78, 5) is 19.6. The molecule has 1 aliphatic heterocycles. The highest BCUT2D eigenvalue weighted by molar-refractivity contribution is 5.88. The maximum Gasteiger partial charge on any atom is 0.0977 e. The maximum absolute atomic E-state index is 5.30. The lowest BCUT2D eigenvalue weighted by Crippen LogP contribution is -2.53. The van der Waals surface area contributed by atoms with Crippen molar-refractivity contribution in [3.8, 4) is 22.6 Å². The summed E-state index contributed by atoms with van der Waals surface area (Å²) in [5.41, 5.74) is 6.71. The van der Waals surface area contributed by atoms with Crippen LogP contribution in [-0.4, -0.2) is 77.3 Å². The summed E-state index contributed by atoms with van der Waals surface area (Å²) in [7, 11) is 1.76. The van der Waals surface area contributed by atoms with Gasteiger partial charge in [-0.15, -0.1) is 0 Å². The Kier molecular flexibility index (Phi) is 6.80. The lowest BCUT2D eigenvalue weighted by molar-refractivity contribution is 0.118. The number of methoxy groups -OCH3 is 1. The van der Waals surface area contributed by atoms with Gasteiger partial charge in [0.15, 0.2) is 0 Å². The number of anilines is 1. The van der Waals surface area contributed by atoms with Gasteiger partial charge >= 0.3 is 0 Å². The van der Waals surface area contributed by atoms with Gasteiger partial charge in [0.25, 0.3) is 0 Å². The highest BCUT2D eigenvalue weighted by atomic mass is 16.5. The number of benzene rings is 1. The molecule has 1 fully saturated rings. The van der Waals surface area contributed by atoms with E-state index < -0.39 is 0 Å². The Morgan fingerprint density at radius 3 is 3.00 bits per heavy atom. The topological polar surface area (TPSA) is 91.0 Å². The molecule has 1 saturated heterocycles. The Morgan fingerprint density at radius 2 is 2.12 bits per heavy atom. The minimum absolute atomic E-state index is 0.404. The number of nitrogens with one attached hydrogen (secondary N) is 3. The summed E-state index contributed by atoms with van der Waals surface area (Å²) >= 11 is 0. The van der Waals surface area contributed by atoms with Gasteiger partial charge in [-0.05, 0) is 37.3 Å². The van der Waals surface area contributed by atoms with Crippen LogP contribution in [0.5, 0.6) is 0 Å². The maximum atomic E-state index is 5.30.